The third kappa shape index (κ3) is 4.82. The van der Waals surface area contributed by atoms with E-state index >= 15 is 0 Å². The van der Waals surface area contributed by atoms with E-state index in [1.807, 2.05) is 12.3 Å². The molecule has 0 bridgehead atoms. The smallest absolute Gasteiger partial charge is 0.0725 e. The Kier molecular flexibility index (Phi) is 6.16. The van der Waals surface area contributed by atoms with Crippen molar-refractivity contribution in [2.75, 3.05) is 6.54 Å². The fraction of sp³-hybridized carbons (Fsp3) is 0.286. The molecule has 2 heteroatoms. The van der Waals surface area contributed by atoms with Crippen molar-refractivity contribution < 1.29 is 0 Å². The number of hydrogen-bond donors (Lipinski definition) is 1. The summed E-state index contributed by atoms with van der Waals surface area (Å²) in [5, 5.41) is 3.40. The minimum Gasteiger partial charge on any atom is -0.385 e. The minimum atomic E-state index is 0.939. The largest absolute Gasteiger partial charge is 0.385 e. The molecule has 2 rings (SSSR count). The van der Waals surface area contributed by atoms with Crippen LogP contribution >= 0.6 is 0 Å². The molecule has 1 aromatic heterocycles. The first-order valence-electron chi connectivity index (χ1n) is 8.25. The molecule has 2 nitrogen and oxygen atoms in total. The molecular weight excluding hydrogens is 280 g/mol. The summed E-state index contributed by atoms with van der Waals surface area (Å²) >= 11 is 0. The Labute approximate surface area is 140 Å². The maximum absolute atomic E-state index is 4.53. The predicted molar refractivity (Wildman–Crippen MR) is 101 cm³/mol. The summed E-state index contributed by atoms with van der Waals surface area (Å²) < 4.78 is 0. The monoisotopic (exact) mass is 306 g/mol. The lowest BCUT2D eigenvalue weighted by Crippen LogP contribution is -2.13. The van der Waals surface area contributed by atoms with Gasteiger partial charge in [-0.1, -0.05) is 49.8 Å². The number of rotatable bonds is 7. The minimum absolute atomic E-state index is 0.939. The Bertz CT molecular complexity index is 681. The van der Waals surface area contributed by atoms with Crippen LogP contribution in [0.1, 0.15) is 49.1 Å². The average molecular weight is 306 g/mol. The van der Waals surface area contributed by atoms with Crippen molar-refractivity contribution in [3.05, 3.63) is 71.6 Å². The number of nitrogens with one attached hydrogen (secondary N) is 1. The first kappa shape index (κ1) is 17.0. The molecular formula is C21H26N2. The van der Waals surface area contributed by atoms with Gasteiger partial charge in [0.05, 0.1) is 5.69 Å². The molecule has 1 N–H and O–H groups in total. The molecule has 23 heavy (non-hydrogen) atoms. The topological polar surface area (TPSA) is 24.9 Å². The third-order valence-corrected chi connectivity index (χ3v) is 3.89. The van der Waals surface area contributed by atoms with Gasteiger partial charge in [0.1, 0.15) is 0 Å². The van der Waals surface area contributed by atoms with Crippen molar-refractivity contribution in [1.82, 2.24) is 10.3 Å². The van der Waals surface area contributed by atoms with Crippen LogP contribution in [0.25, 0.3) is 17.3 Å². The van der Waals surface area contributed by atoms with Gasteiger partial charge in [-0.2, -0.15) is 0 Å². The second-order valence-corrected chi connectivity index (χ2v) is 5.89. The van der Waals surface area contributed by atoms with E-state index in [-0.39, 0.29) is 0 Å². The number of pyridine rings is 1. The summed E-state index contributed by atoms with van der Waals surface area (Å²) in [5.41, 5.74) is 6.65. The van der Waals surface area contributed by atoms with E-state index in [1.54, 1.807) is 0 Å². The Hall–Kier alpha value is -2.35. The normalized spacial score (nSPS) is 11.3. The molecule has 0 radical (unpaired) electrons. The summed E-state index contributed by atoms with van der Waals surface area (Å²) in [6.45, 7) is 11.5. The Morgan fingerprint density at radius 2 is 1.96 bits per heavy atom. The lowest BCUT2D eigenvalue weighted by atomic mass is 10.0. The summed E-state index contributed by atoms with van der Waals surface area (Å²) in [6, 6.07) is 12.6. The van der Waals surface area contributed by atoms with Crippen molar-refractivity contribution in [3.8, 4) is 0 Å². The molecule has 0 aliphatic rings. The first-order valence-corrected chi connectivity index (χ1v) is 8.25. The molecule has 0 fully saturated rings. The van der Waals surface area contributed by atoms with Crippen LogP contribution in [-0.4, -0.2) is 11.5 Å². The number of aryl methyl sites for hydroxylation is 1. The zero-order valence-electron chi connectivity index (χ0n) is 14.4. The maximum Gasteiger partial charge on any atom is 0.0725 e. The van der Waals surface area contributed by atoms with Gasteiger partial charge in [-0.3, -0.25) is 4.98 Å². The molecule has 1 heterocycles. The molecule has 2 aromatic rings. The highest BCUT2D eigenvalue weighted by molar-refractivity contribution is 5.83. The van der Waals surface area contributed by atoms with Gasteiger partial charge in [-0.15, -0.1) is 0 Å². The number of allylic oxidation sites excluding steroid dienone is 1. The van der Waals surface area contributed by atoms with Crippen LogP contribution < -0.4 is 5.32 Å². The molecule has 0 saturated carbocycles. The molecule has 0 aliphatic carbocycles. The van der Waals surface area contributed by atoms with E-state index in [9.17, 15) is 0 Å². The SMILES string of the molecule is C=C(NCCCC)c1cccnc1/C=C(\C)c1ccc(C)cc1. The lowest BCUT2D eigenvalue weighted by Gasteiger charge is -2.12. The summed E-state index contributed by atoms with van der Waals surface area (Å²) in [6.07, 6.45) is 6.28. The molecule has 0 spiro atoms. The van der Waals surface area contributed by atoms with Crippen LogP contribution in [0.3, 0.4) is 0 Å². The third-order valence-electron chi connectivity index (χ3n) is 3.89. The van der Waals surface area contributed by atoms with Gasteiger partial charge in [0.2, 0.25) is 0 Å². The second-order valence-electron chi connectivity index (χ2n) is 5.89. The molecule has 1 aromatic carbocycles. The van der Waals surface area contributed by atoms with Gasteiger partial charge in [0.25, 0.3) is 0 Å². The fourth-order valence-corrected chi connectivity index (χ4v) is 2.40. The summed E-state index contributed by atoms with van der Waals surface area (Å²) in [7, 11) is 0. The average Bonchev–Trinajstić information content (AvgIpc) is 2.56. The number of nitrogens with zero attached hydrogens (tertiary/aromatic N) is 1. The van der Waals surface area contributed by atoms with Crippen LogP contribution in [0.15, 0.2) is 49.2 Å². The van der Waals surface area contributed by atoms with Gasteiger partial charge in [0, 0.05) is 24.0 Å². The first-order chi connectivity index (χ1) is 11.1. The van der Waals surface area contributed by atoms with Crippen LogP contribution in [0, 0.1) is 6.92 Å². The molecule has 0 atom stereocenters. The fourth-order valence-electron chi connectivity index (χ4n) is 2.40. The van der Waals surface area contributed by atoms with Gasteiger partial charge in [-0.05, 0) is 49.6 Å². The molecule has 0 amide bonds. The van der Waals surface area contributed by atoms with E-state index < -0.39 is 0 Å². The molecule has 0 unspecified atom stereocenters. The van der Waals surface area contributed by atoms with Crippen molar-refractivity contribution in [1.29, 1.82) is 0 Å². The number of benzene rings is 1. The molecule has 120 valence electrons. The summed E-state index contributed by atoms with van der Waals surface area (Å²) in [5.74, 6) is 0. The van der Waals surface area contributed by atoms with Crippen molar-refractivity contribution in [3.63, 3.8) is 0 Å². The standard InChI is InChI=1S/C21H26N2/c1-5-6-13-22-18(4)20-8-7-14-23-21(20)15-17(3)19-11-9-16(2)10-12-19/h7-12,14-15,22H,4-6,13H2,1-3H3/b17-15+. The van der Waals surface area contributed by atoms with Crippen LogP contribution in [-0.2, 0) is 0 Å². The van der Waals surface area contributed by atoms with E-state index in [0.717, 1.165) is 29.9 Å². The van der Waals surface area contributed by atoms with Crippen LogP contribution in [0.2, 0.25) is 0 Å². The summed E-state index contributed by atoms with van der Waals surface area (Å²) in [4.78, 5) is 4.53. The van der Waals surface area contributed by atoms with Crippen LogP contribution in [0.5, 0.6) is 0 Å². The highest BCUT2D eigenvalue weighted by atomic mass is 14.9. The quantitative estimate of drug-likeness (QED) is 0.701. The van der Waals surface area contributed by atoms with Crippen molar-refractivity contribution in [2.24, 2.45) is 0 Å². The van der Waals surface area contributed by atoms with Crippen LogP contribution in [0.4, 0.5) is 0 Å². The Morgan fingerprint density at radius 1 is 1.22 bits per heavy atom. The predicted octanol–water partition coefficient (Wildman–Crippen LogP) is 5.31. The Morgan fingerprint density at radius 3 is 2.65 bits per heavy atom. The number of aromatic nitrogens is 1. The maximum atomic E-state index is 4.53. The van der Waals surface area contributed by atoms with Gasteiger partial charge in [-0.25, -0.2) is 0 Å². The highest BCUT2D eigenvalue weighted by Crippen LogP contribution is 2.21. The van der Waals surface area contributed by atoms with E-state index in [2.05, 4.69) is 74.1 Å². The molecule has 0 saturated heterocycles. The van der Waals surface area contributed by atoms with Crippen molar-refractivity contribution >= 4 is 17.3 Å². The van der Waals surface area contributed by atoms with E-state index in [0.29, 0.717) is 0 Å². The number of unbranched alkanes of at least 4 members (excludes halogenated alkanes) is 1. The Balaban J connectivity index is 2.24. The lowest BCUT2D eigenvalue weighted by molar-refractivity contribution is 0.745. The zero-order valence-corrected chi connectivity index (χ0v) is 14.4. The zero-order chi connectivity index (χ0) is 16.7. The van der Waals surface area contributed by atoms with Gasteiger partial charge < -0.3 is 5.32 Å². The van der Waals surface area contributed by atoms with E-state index in [1.165, 1.54) is 23.1 Å². The van der Waals surface area contributed by atoms with Crippen molar-refractivity contribution in [2.45, 2.75) is 33.6 Å². The van der Waals surface area contributed by atoms with Gasteiger partial charge in [0.15, 0.2) is 0 Å². The number of hydrogen-bond acceptors (Lipinski definition) is 2. The second kappa shape index (κ2) is 8.33. The van der Waals surface area contributed by atoms with Gasteiger partial charge >= 0.3 is 0 Å². The highest BCUT2D eigenvalue weighted by Gasteiger charge is 2.06. The molecule has 0 aliphatic heterocycles. The van der Waals surface area contributed by atoms with E-state index in [4.69, 9.17) is 0 Å².